The number of hydrogen-bond donors (Lipinski definition) is 1. The number of carbonyl (C=O) groups excluding carboxylic acids is 1. The first-order valence-corrected chi connectivity index (χ1v) is 8.37. The Morgan fingerprint density at radius 1 is 1.16 bits per heavy atom. The van der Waals surface area contributed by atoms with E-state index in [1.165, 1.54) is 0 Å². The van der Waals surface area contributed by atoms with Crippen LogP contribution in [0, 0.1) is 5.82 Å². The molecule has 8 heteroatoms. The molecular formula is C17H18FN5O2. The van der Waals surface area contributed by atoms with Gasteiger partial charge >= 0.3 is 0 Å². The maximum absolute atomic E-state index is 13.9. The van der Waals surface area contributed by atoms with E-state index in [2.05, 4.69) is 15.0 Å². The minimum atomic E-state index is -0.766. The normalized spacial score (nSPS) is 17.6. The van der Waals surface area contributed by atoms with Gasteiger partial charge in [0.1, 0.15) is 0 Å². The molecule has 1 aliphatic carbocycles. The summed E-state index contributed by atoms with van der Waals surface area (Å²) in [6, 6.07) is 3.38. The first-order valence-electron chi connectivity index (χ1n) is 8.37. The van der Waals surface area contributed by atoms with Gasteiger partial charge in [-0.1, -0.05) is 0 Å². The Morgan fingerprint density at radius 2 is 1.84 bits per heavy atom. The minimum absolute atomic E-state index is 0.0405. The topological polar surface area (TPSA) is 82.2 Å². The first-order chi connectivity index (χ1) is 12.1. The van der Waals surface area contributed by atoms with Crippen LogP contribution < -0.4 is 10.5 Å². The van der Waals surface area contributed by atoms with Gasteiger partial charge in [0.05, 0.1) is 5.69 Å². The summed E-state index contributed by atoms with van der Waals surface area (Å²) in [7, 11) is 0. The van der Waals surface area contributed by atoms with Gasteiger partial charge in [0.25, 0.3) is 11.5 Å². The van der Waals surface area contributed by atoms with Gasteiger partial charge in [0.2, 0.25) is 11.8 Å². The zero-order valence-corrected chi connectivity index (χ0v) is 13.6. The molecule has 0 spiro atoms. The number of piperazine rings is 1. The second kappa shape index (κ2) is 6.27. The molecule has 1 saturated carbocycles. The van der Waals surface area contributed by atoms with E-state index >= 15 is 0 Å². The molecule has 130 valence electrons. The molecule has 3 heterocycles. The monoisotopic (exact) mass is 343 g/mol. The molecule has 4 rings (SSSR count). The van der Waals surface area contributed by atoms with Crippen molar-refractivity contribution in [3.05, 3.63) is 52.0 Å². The lowest BCUT2D eigenvalue weighted by Gasteiger charge is -2.35. The summed E-state index contributed by atoms with van der Waals surface area (Å²) in [6.45, 7) is 2.10. The van der Waals surface area contributed by atoms with Crippen molar-refractivity contribution in [2.24, 2.45) is 0 Å². The van der Waals surface area contributed by atoms with Gasteiger partial charge in [0.15, 0.2) is 0 Å². The summed E-state index contributed by atoms with van der Waals surface area (Å²) >= 11 is 0. The Kier molecular flexibility index (Phi) is 3.95. The van der Waals surface area contributed by atoms with Crippen molar-refractivity contribution >= 4 is 11.9 Å². The molecular weight excluding hydrogens is 325 g/mol. The molecule has 2 aromatic rings. The Labute approximate surface area is 143 Å². The van der Waals surface area contributed by atoms with Crippen molar-refractivity contribution in [1.82, 2.24) is 19.9 Å². The average Bonchev–Trinajstić information content (AvgIpc) is 3.49. The second-order valence-electron chi connectivity index (χ2n) is 6.38. The zero-order chi connectivity index (χ0) is 17.4. The highest BCUT2D eigenvalue weighted by Gasteiger charge is 2.31. The van der Waals surface area contributed by atoms with Gasteiger partial charge in [-0.15, -0.1) is 0 Å². The summed E-state index contributed by atoms with van der Waals surface area (Å²) in [6.07, 6.45) is 4.94. The summed E-state index contributed by atoms with van der Waals surface area (Å²) in [5, 5.41) is 0. The first kappa shape index (κ1) is 15.7. The number of carbonyl (C=O) groups is 1. The number of nitrogens with one attached hydrogen (secondary N) is 1. The lowest BCUT2D eigenvalue weighted by molar-refractivity contribution is 0.0746. The molecule has 0 bridgehead atoms. The van der Waals surface area contributed by atoms with Crippen LogP contribution in [0.3, 0.4) is 0 Å². The smallest absolute Gasteiger partial charge is 0.288 e. The third-order valence-electron chi connectivity index (χ3n) is 4.63. The quantitative estimate of drug-likeness (QED) is 0.904. The number of halogens is 1. The standard InChI is InChI=1S/C17H18FN5O2/c18-13-14(11-1-2-11)20-17(21-15(13)24)23-9-7-22(8-10-23)16(25)12-3-5-19-6-4-12/h3-6,11H,1-2,7-10H2,(H,20,21,24). The predicted octanol–water partition coefficient (Wildman–Crippen LogP) is 1.14. The van der Waals surface area contributed by atoms with Crippen LogP contribution in [-0.4, -0.2) is 51.9 Å². The SMILES string of the molecule is O=C(c1ccncc1)N1CCN(c2nc(C3CC3)c(F)c(=O)[nH]2)CC1. The predicted molar refractivity (Wildman–Crippen MR) is 89.1 cm³/mol. The molecule has 1 aliphatic heterocycles. The molecule has 7 nitrogen and oxygen atoms in total. The van der Waals surface area contributed by atoms with Crippen molar-refractivity contribution in [2.75, 3.05) is 31.1 Å². The molecule has 0 unspecified atom stereocenters. The van der Waals surface area contributed by atoms with Crippen molar-refractivity contribution in [3.63, 3.8) is 0 Å². The number of anilines is 1. The van der Waals surface area contributed by atoms with E-state index in [4.69, 9.17) is 0 Å². The van der Waals surface area contributed by atoms with Crippen LogP contribution in [0.4, 0.5) is 10.3 Å². The van der Waals surface area contributed by atoms with E-state index in [1.807, 2.05) is 4.90 Å². The van der Waals surface area contributed by atoms with Crippen LogP contribution in [0.1, 0.15) is 34.8 Å². The Balaban J connectivity index is 1.47. The van der Waals surface area contributed by atoms with Crippen molar-refractivity contribution in [2.45, 2.75) is 18.8 Å². The van der Waals surface area contributed by atoms with E-state index in [0.717, 1.165) is 12.8 Å². The molecule has 0 aromatic carbocycles. The lowest BCUT2D eigenvalue weighted by atomic mass is 10.2. The number of nitrogens with zero attached hydrogens (tertiary/aromatic N) is 4. The van der Waals surface area contributed by atoms with Gasteiger partial charge in [0, 0.05) is 50.1 Å². The van der Waals surface area contributed by atoms with Crippen molar-refractivity contribution in [3.8, 4) is 0 Å². The van der Waals surface area contributed by atoms with Crippen LogP contribution in [0.2, 0.25) is 0 Å². The number of hydrogen-bond acceptors (Lipinski definition) is 5. The second-order valence-corrected chi connectivity index (χ2v) is 6.38. The van der Waals surface area contributed by atoms with Crippen LogP contribution in [0.5, 0.6) is 0 Å². The number of pyridine rings is 1. The van der Waals surface area contributed by atoms with Gasteiger partial charge in [-0.25, -0.2) is 4.98 Å². The third kappa shape index (κ3) is 3.11. The molecule has 1 saturated heterocycles. The summed E-state index contributed by atoms with van der Waals surface area (Å²) < 4.78 is 13.9. The van der Waals surface area contributed by atoms with Crippen LogP contribution in [0.15, 0.2) is 29.3 Å². The number of aromatic amines is 1. The fourth-order valence-corrected chi connectivity index (χ4v) is 3.04. The summed E-state index contributed by atoms with van der Waals surface area (Å²) in [5.74, 6) is -0.348. The van der Waals surface area contributed by atoms with E-state index < -0.39 is 11.4 Å². The molecule has 2 fully saturated rings. The molecule has 1 amide bonds. The maximum atomic E-state index is 13.9. The minimum Gasteiger partial charge on any atom is -0.339 e. The van der Waals surface area contributed by atoms with E-state index in [9.17, 15) is 14.0 Å². The molecule has 1 N–H and O–H groups in total. The molecule has 0 radical (unpaired) electrons. The van der Waals surface area contributed by atoms with E-state index in [1.54, 1.807) is 29.4 Å². The molecule has 25 heavy (non-hydrogen) atoms. The zero-order valence-electron chi connectivity index (χ0n) is 13.6. The Hall–Kier alpha value is -2.77. The van der Waals surface area contributed by atoms with Crippen LogP contribution in [0.25, 0.3) is 0 Å². The van der Waals surface area contributed by atoms with Gasteiger partial charge in [-0.3, -0.25) is 19.6 Å². The van der Waals surface area contributed by atoms with Gasteiger partial charge < -0.3 is 9.80 Å². The average molecular weight is 343 g/mol. The highest BCUT2D eigenvalue weighted by molar-refractivity contribution is 5.94. The molecule has 0 atom stereocenters. The summed E-state index contributed by atoms with van der Waals surface area (Å²) in [5.41, 5.74) is 0.156. The van der Waals surface area contributed by atoms with Crippen LogP contribution >= 0.6 is 0 Å². The molecule has 2 aromatic heterocycles. The Bertz CT molecular complexity index is 842. The van der Waals surface area contributed by atoms with Crippen molar-refractivity contribution in [1.29, 1.82) is 0 Å². The maximum Gasteiger partial charge on any atom is 0.288 e. The lowest BCUT2D eigenvalue weighted by Crippen LogP contribution is -2.49. The van der Waals surface area contributed by atoms with Gasteiger partial charge in [-0.05, 0) is 25.0 Å². The highest BCUT2D eigenvalue weighted by atomic mass is 19.1. The number of rotatable bonds is 3. The highest BCUT2D eigenvalue weighted by Crippen LogP contribution is 2.39. The fraction of sp³-hybridized carbons (Fsp3) is 0.412. The van der Waals surface area contributed by atoms with E-state index in [-0.39, 0.29) is 17.5 Å². The fourth-order valence-electron chi connectivity index (χ4n) is 3.04. The largest absolute Gasteiger partial charge is 0.339 e. The third-order valence-corrected chi connectivity index (χ3v) is 4.63. The Morgan fingerprint density at radius 3 is 2.48 bits per heavy atom. The number of H-pyrrole nitrogens is 1. The summed E-state index contributed by atoms with van der Waals surface area (Å²) in [4.78, 5) is 38.7. The number of aromatic nitrogens is 3. The van der Waals surface area contributed by atoms with Crippen molar-refractivity contribution < 1.29 is 9.18 Å². The van der Waals surface area contributed by atoms with Gasteiger partial charge in [-0.2, -0.15) is 4.39 Å². The van der Waals surface area contributed by atoms with E-state index in [0.29, 0.717) is 37.7 Å². The van der Waals surface area contributed by atoms with Crippen LogP contribution in [-0.2, 0) is 0 Å². The number of amides is 1. The molecule has 2 aliphatic rings.